The molecular formula is C20H19FN4O2. The first-order valence-corrected chi connectivity index (χ1v) is 8.21. The number of anilines is 2. The normalized spacial score (nSPS) is 10.8. The molecule has 2 rings (SSSR count). The number of hydrogen-bond acceptors (Lipinski definition) is 5. The van der Waals surface area contributed by atoms with Crippen molar-refractivity contribution in [1.29, 1.82) is 5.26 Å². The maximum absolute atomic E-state index is 12.9. The molecule has 0 radical (unpaired) electrons. The van der Waals surface area contributed by atoms with Gasteiger partial charge in [-0.05, 0) is 48.4 Å². The predicted octanol–water partition coefficient (Wildman–Crippen LogP) is 2.53. The molecule has 0 fully saturated rings. The van der Waals surface area contributed by atoms with Crippen LogP contribution in [0.4, 0.5) is 15.8 Å². The third-order valence-electron chi connectivity index (χ3n) is 3.74. The van der Waals surface area contributed by atoms with Gasteiger partial charge in [-0.15, -0.1) is 0 Å². The minimum absolute atomic E-state index is 0.207. The molecular weight excluding hydrogens is 347 g/mol. The number of carbonyl (C=O) groups excluding carboxylic acids is 2. The zero-order chi connectivity index (χ0) is 19.8. The average molecular weight is 366 g/mol. The Balaban J connectivity index is 2.06. The second kappa shape index (κ2) is 9.15. The third-order valence-corrected chi connectivity index (χ3v) is 3.74. The van der Waals surface area contributed by atoms with Gasteiger partial charge in [0.2, 0.25) is 5.91 Å². The van der Waals surface area contributed by atoms with Gasteiger partial charge in [-0.1, -0.05) is 12.1 Å². The minimum atomic E-state index is -0.732. The smallest absolute Gasteiger partial charge is 0.277 e. The fourth-order valence-electron chi connectivity index (χ4n) is 2.37. The number of nitrogen functional groups attached to an aromatic ring is 1. The summed E-state index contributed by atoms with van der Waals surface area (Å²) in [5.74, 6) is -1.56. The van der Waals surface area contributed by atoms with Gasteiger partial charge in [0.1, 0.15) is 17.5 Å². The van der Waals surface area contributed by atoms with Gasteiger partial charge >= 0.3 is 0 Å². The lowest BCUT2D eigenvalue weighted by Crippen LogP contribution is -2.36. The van der Waals surface area contributed by atoms with Crippen molar-refractivity contribution in [2.75, 3.05) is 17.2 Å². The van der Waals surface area contributed by atoms with E-state index in [0.717, 1.165) is 10.5 Å². The lowest BCUT2D eigenvalue weighted by atomic mass is 10.1. The highest BCUT2D eigenvalue weighted by Crippen LogP contribution is 2.18. The van der Waals surface area contributed by atoms with Crippen LogP contribution in [0, 0.1) is 17.1 Å². The van der Waals surface area contributed by atoms with Crippen molar-refractivity contribution >= 4 is 23.2 Å². The summed E-state index contributed by atoms with van der Waals surface area (Å²) in [5, 5.41) is 12.2. The monoisotopic (exact) mass is 366 g/mol. The van der Waals surface area contributed by atoms with E-state index in [1.165, 1.54) is 37.4 Å². The van der Waals surface area contributed by atoms with Crippen molar-refractivity contribution in [3.05, 3.63) is 71.7 Å². The summed E-state index contributed by atoms with van der Waals surface area (Å²) < 4.78 is 12.9. The van der Waals surface area contributed by atoms with Crippen LogP contribution in [0.5, 0.6) is 0 Å². The van der Waals surface area contributed by atoms with Crippen LogP contribution in [0.25, 0.3) is 0 Å². The molecule has 27 heavy (non-hydrogen) atoms. The summed E-state index contributed by atoms with van der Waals surface area (Å²) in [4.78, 5) is 25.4. The Hall–Kier alpha value is -3.66. The molecule has 2 aromatic carbocycles. The Labute approximate surface area is 156 Å². The van der Waals surface area contributed by atoms with E-state index in [0.29, 0.717) is 24.3 Å². The highest BCUT2D eigenvalue weighted by molar-refractivity contribution is 6.21. The molecule has 0 heterocycles. The standard InChI is InChI=1S/C20H19FN4O2/c1-14(26)25(19-8-6-18(23)7-9-19)20(27)16(12-22)13-24-11-10-15-2-4-17(21)5-3-15/h2-9,13,24H,10-11,23H2,1H3/b16-13-. The molecule has 0 saturated heterocycles. The molecule has 0 aliphatic rings. The van der Waals surface area contributed by atoms with E-state index in [-0.39, 0.29) is 11.4 Å². The van der Waals surface area contributed by atoms with Crippen LogP contribution in [0.3, 0.4) is 0 Å². The van der Waals surface area contributed by atoms with E-state index in [9.17, 15) is 19.2 Å². The fourth-order valence-corrected chi connectivity index (χ4v) is 2.37. The van der Waals surface area contributed by atoms with Gasteiger partial charge < -0.3 is 11.1 Å². The van der Waals surface area contributed by atoms with Crippen LogP contribution in [-0.2, 0) is 16.0 Å². The molecule has 0 spiro atoms. The minimum Gasteiger partial charge on any atom is -0.399 e. The number of carbonyl (C=O) groups is 2. The number of nitrogens with two attached hydrogens (primary N) is 1. The number of rotatable bonds is 6. The molecule has 0 bridgehead atoms. The Morgan fingerprint density at radius 1 is 1.19 bits per heavy atom. The molecule has 0 aliphatic carbocycles. The van der Waals surface area contributed by atoms with Crippen LogP contribution < -0.4 is 16.0 Å². The molecule has 2 aromatic rings. The first-order valence-electron chi connectivity index (χ1n) is 8.21. The van der Waals surface area contributed by atoms with E-state index in [2.05, 4.69) is 5.32 Å². The third kappa shape index (κ3) is 5.41. The van der Waals surface area contributed by atoms with Crippen molar-refractivity contribution in [2.45, 2.75) is 13.3 Å². The van der Waals surface area contributed by atoms with E-state index < -0.39 is 11.8 Å². The highest BCUT2D eigenvalue weighted by Gasteiger charge is 2.23. The summed E-state index contributed by atoms with van der Waals surface area (Å²) in [6.07, 6.45) is 1.86. The van der Waals surface area contributed by atoms with Gasteiger partial charge in [0, 0.05) is 25.4 Å². The Morgan fingerprint density at radius 3 is 2.37 bits per heavy atom. The van der Waals surface area contributed by atoms with Crippen LogP contribution in [0.15, 0.2) is 60.3 Å². The largest absolute Gasteiger partial charge is 0.399 e. The zero-order valence-electron chi connectivity index (χ0n) is 14.8. The van der Waals surface area contributed by atoms with Crippen LogP contribution in [0.1, 0.15) is 12.5 Å². The molecule has 0 atom stereocenters. The molecule has 0 unspecified atom stereocenters. The van der Waals surface area contributed by atoms with Crippen molar-refractivity contribution in [2.24, 2.45) is 0 Å². The number of nitriles is 1. The van der Waals surface area contributed by atoms with Gasteiger partial charge in [0.15, 0.2) is 0 Å². The summed E-state index contributed by atoms with van der Waals surface area (Å²) in [6.45, 7) is 1.68. The second-order valence-electron chi connectivity index (χ2n) is 5.75. The molecule has 0 aromatic heterocycles. The average Bonchev–Trinajstić information content (AvgIpc) is 2.64. The zero-order valence-corrected chi connectivity index (χ0v) is 14.8. The number of imide groups is 1. The van der Waals surface area contributed by atoms with E-state index in [1.807, 2.05) is 0 Å². The maximum atomic E-state index is 12.9. The van der Waals surface area contributed by atoms with Crippen LogP contribution in [0.2, 0.25) is 0 Å². The molecule has 6 nitrogen and oxygen atoms in total. The van der Waals surface area contributed by atoms with E-state index in [1.54, 1.807) is 30.3 Å². The second-order valence-corrected chi connectivity index (χ2v) is 5.75. The van der Waals surface area contributed by atoms with Crippen LogP contribution >= 0.6 is 0 Å². The SMILES string of the molecule is CC(=O)N(C(=O)/C(C#N)=C\NCCc1ccc(F)cc1)c1ccc(N)cc1. The topological polar surface area (TPSA) is 99.2 Å². The first-order chi connectivity index (χ1) is 12.9. The van der Waals surface area contributed by atoms with Gasteiger partial charge in [-0.3, -0.25) is 9.59 Å². The number of nitrogens with one attached hydrogen (secondary N) is 1. The van der Waals surface area contributed by atoms with Gasteiger partial charge in [-0.2, -0.15) is 5.26 Å². The predicted molar refractivity (Wildman–Crippen MR) is 101 cm³/mol. The fraction of sp³-hybridized carbons (Fsp3) is 0.150. The number of hydrogen-bond donors (Lipinski definition) is 2. The number of benzene rings is 2. The van der Waals surface area contributed by atoms with Gasteiger partial charge in [-0.25, -0.2) is 9.29 Å². The molecule has 2 amide bonds. The number of nitrogens with zero attached hydrogens (tertiary/aromatic N) is 2. The lowest BCUT2D eigenvalue weighted by Gasteiger charge is -2.19. The molecule has 3 N–H and O–H groups in total. The summed E-state index contributed by atoms with van der Waals surface area (Å²) >= 11 is 0. The summed E-state index contributed by atoms with van der Waals surface area (Å²) in [6, 6.07) is 14.1. The van der Waals surface area contributed by atoms with Gasteiger partial charge in [0.25, 0.3) is 5.91 Å². The van der Waals surface area contributed by atoms with Crippen molar-refractivity contribution in [3.63, 3.8) is 0 Å². The number of amides is 2. The molecule has 138 valence electrons. The maximum Gasteiger partial charge on any atom is 0.277 e. The highest BCUT2D eigenvalue weighted by atomic mass is 19.1. The Bertz CT molecular complexity index is 884. The van der Waals surface area contributed by atoms with Crippen LogP contribution in [-0.4, -0.2) is 18.4 Å². The number of halogens is 1. The van der Waals surface area contributed by atoms with Crippen molar-refractivity contribution in [3.8, 4) is 6.07 Å². The van der Waals surface area contributed by atoms with Crippen molar-refractivity contribution < 1.29 is 14.0 Å². The van der Waals surface area contributed by atoms with E-state index in [4.69, 9.17) is 5.73 Å². The summed E-state index contributed by atoms with van der Waals surface area (Å²) in [5.41, 5.74) is 7.15. The van der Waals surface area contributed by atoms with E-state index >= 15 is 0 Å². The lowest BCUT2D eigenvalue weighted by molar-refractivity contribution is -0.123. The summed E-state index contributed by atoms with van der Waals surface area (Å²) in [7, 11) is 0. The Morgan fingerprint density at radius 2 is 1.81 bits per heavy atom. The molecule has 0 aliphatic heterocycles. The first kappa shape index (κ1) is 19.7. The Kier molecular flexibility index (Phi) is 6.67. The van der Waals surface area contributed by atoms with Crippen molar-refractivity contribution in [1.82, 2.24) is 5.32 Å². The quantitative estimate of drug-likeness (QED) is 0.354. The van der Waals surface area contributed by atoms with Gasteiger partial charge in [0.05, 0.1) is 5.69 Å². The molecule has 7 heteroatoms. The molecule has 0 saturated carbocycles.